The highest BCUT2D eigenvalue weighted by atomic mass is 15.0. The minimum atomic E-state index is 0.591. The fourth-order valence-corrected chi connectivity index (χ4v) is 2.10. The van der Waals surface area contributed by atoms with Gasteiger partial charge in [0, 0.05) is 17.8 Å². The molecule has 1 atom stereocenters. The van der Waals surface area contributed by atoms with Gasteiger partial charge in [-0.25, -0.2) is 0 Å². The lowest BCUT2D eigenvalue weighted by Crippen LogP contribution is -2.28. The molecule has 1 aliphatic rings. The van der Waals surface area contributed by atoms with Crippen molar-refractivity contribution >= 4 is 5.69 Å². The van der Waals surface area contributed by atoms with Crippen molar-refractivity contribution in [1.82, 2.24) is 5.32 Å². The Hall–Kier alpha value is -1.02. The van der Waals surface area contributed by atoms with E-state index in [1.807, 2.05) is 0 Å². The number of hydrogen-bond donors (Lipinski definition) is 2. The predicted molar refractivity (Wildman–Crippen MR) is 65.3 cm³/mol. The molecule has 2 rings (SSSR count). The Morgan fingerprint density at radius 3 is 2.93 bits per heavy atom. The van der Waals surface area contributed by atoms with Gasteiger partial charge in [-0.2, -0.15) is 0 Å². The van der Waals surface area contributed by atoms with Crippen LogP contribution in [-0.4, -0.2) is 18.6 Å². The molecule has 1 aliphatic heterocycles. The van der Waals surface area contributed by atoms with Gasteiger partial charge in [0.1, 0.15) is 0 Å². The van der Waals surface area contributed by atoms with E-state index in [-0.39, 0.29) is 0 Å². The standard InChI is InChI=1S/C13H20N2/c1-10(2)14-8-7-12-9-11-5-3-4-6-13(11)15-12/h3-6,10,12,14-15H,7-9H2,1-2H3. The smallest absolute Gasteiger partial charge is 0.0375 e. The summed E-state index contributed by atoms with van der Waals surface area (Å²) >= 11 is 0. The molecule has 0 aliphatic carbocycles. The van der Waals surface area contributed by atoms with Crippen molar-refractivity contribution in [1.29, 1.82) is 0 Å². The average molecular weight is 204 g/mol. The molecule has 1 unspecified atom stereocenters. The molecule has 2 heteroatoms. The summed E-state index contributed by atoms with van der Waals surface area (Å²) < 4.78 is 0. The lowest BCUT2D eigenvalue weighted by atomic mass is 10.1. The number of fused-ring (bicyclic) bond motifs is 1. The number of nitrogens with one attached hydrogen (secondary N) is 2. The minimum Gasteiger partial charge on any atom is -0.382 e. The van der Waals surface area contributed by atoms with Gasteiger partial charge in [0.05, 0.1) is 0 Å². The maximum atomic E-state index is 3.57. The van der Waals surface area contributed by atoms with Crippen LogP contribution in [0.5, 0.6) is 0 Å². The van der Waals surface area contributed by atoms with Crippen LogP contribution in [0, 0.1) is 0 Å². The summed E-state index contributed by atoms with van der Waals surface area (Å²) in [7, 11) is 0. The quantitative estimate of drug-likeness (QED) is 0.787. The van der Waals surface area contributed by atoms with Gasteiger partial charge in [0.2, 0.25) is 0 Å². The summed E-state index contributed by atoms with van der Waals surface area (Å²) in [5, 5.41) is 7.03. The number of para-hydroxylation sites is 1. The van der Waals surface area contributed by atoms with Crippen molar-refractivity contribution < 1.29 is 0 Å². The molecule has 0 amide bonds. The highest BCUT2D eigenvalue weighted by Crippen LogP contribution is 2.26. The van der Waals surface area contributed by atoms with Gasteiger partial charge in [-0.3, -0.25) is 0 Å². The number of benzene rings is 1. The lowest BCUT2D eigenvalue weighted by molar-refractivity contribution is 0.542. The summed E-state index contributed by atoms with van der Waals surface area (Å²) in [6, 6.07) is 9.82. The fraction of sp³-hybridized carbons (Fsp3) is 0.538. The zero-order valence-corrected chi connectivity index (χ0v) is 9.59. The molecule has 0 saturated heterocycles. The summed E-state index contributed by atoms with van der Waals surface area (Å²) in [5.41, 5.74) is 2.79. The largest absolute Gasteiger partial charge is 0.382 e. The third kappa shape index (κ3) is 2.72. The zero-order valence-electron chi connectivity index (χ0n) is 9.59. The van der Waals surface area contributed by atoms with Crippen LogP contribution in [0.1, 0.15) is 25.8 Å². The molecular formula is C13H20N2. The third-order valence-electron chi connectivity index (χ3n) is 2.89. The summed E-state index contributed by atoms with van der Waals surface area (Å²) in [5.74, 6) is 0. The highest BCUT2D eigenvalue weighted by molar-refractivity contribution is 5.56. The fourth-order valence-electron chi connectivity index (χ4n) is 2.10. The second-order valence-electron chi connectivity index (χ2n) is 4.60. The van der Waals surface area contributed by atoms with Crippen LogP contribution in [0.4, 0.5) is 5.69 Å². The van der Waals surface area contributed by atoms with Gasteiger partial charge in [-0.15, -0.1) is 0 Å². The average Bonchev–Trinajstić information content (AvgIpc) is 2.59. The van der Waals surface area contributed by atoms with Gasteiger partial charge >= 0.3 is 0 Å². The van der Waals surface area contributed by atoms with Gasteiger partial charge < -0.3 is 10.6 Å². The molecule has 0 spiro atoms. The third-order valence-corrected chi connectivity index (χ3v) is 2.89. The second kappa shape index (κ2) is 4.67. The first-order valence-electron chi connectivity index (χ1n) is 5.83. The maximum absolute atomic E-state index is 3.57. The first-order valence-corrected chi connectivity index (χ1v) is 5.83. The first kappa shape index (κ1) is 10.5. The Morgan fingerprint density at radius 1 is 1.40 bits per heavy atom. The Kier molecular flexibility index (Phi) is 3.27. The van der Waals surface area contributed by atoms with E-state index in [1.54, 1.807) is 0 Å². The molecule has 1 aromatic rings. The monoisotopic (exact) mass is 204 g/mol. The second-order valence-corrected chi connectivity index (χ2v) is 4.60. The van der Waals surface area contributed by atoms with Crippen LogP contribution < -0.4 is 10.6 Å². The number of rotatable bonds is 4. The van der Waals surface area contributed by atoms with E-state index < -0.39 is 0 Å². The molecule has 1 heterocycles. The lowest BCUT2D eigenvalue weighted by Gasteiger charge is -2.13. The molecule has 0 saturated carbocycles. The van der Waals surface area contributed by atoms with Crippen molar-refractivity contribution in [3.8, 4) is 0 Å². The van der Waals surface area contributed by atoms with E-state index in [2.05, 4.69) is 48.7 Å². The summed E-state index contributed by atoms with van der Waals surface area (Å²) in [4.78, 5) is 0. The SMILES string of the molecule is CC(C)NCCC1Cc2ccccc2N1. The van der Waals surface area contributed by atoms with Crippen molar-refractivity contribution in [2.45, 2.75) is 38.8 Å². The molecule has 82 valence electrons. The van der Waals surface area contributed by atoms with E-state index in [1.165, 1.54) is 24.1 Å². The zero-order chi connectivity index (χ0) is 10.7. The van der Waals surface area contributed by atoms with Crippen LogP contribution in [0.2, 0.25) is 0 Å². The van der Waals surface area contributed by atoms with E-state index in [0.29, 0.717) is 12.1 Å². The molecule has 0 aromatic heterocycles. The van der Waals surface area contributed by atoms with Gasteiger partial charge in [-0.1, -0.05) is 32.0 Å². The molecule has 0 fully saturated rings. The van der Waals surface area contributed by atoms with Crippen molar-refractivity contribution in [2.24, 2.45) is 0 Å². The molecule has 2 nitrogen and oxygen atoms in total. The Balaban J connectivity index is 1.80. The van der Waals surface area contributed by atoms with Crippen LogP contribution in [-0.2, 0) is 6.42 Å². The maximum Gasteiger partial charge on any atom is 0.0375 e. The van der Waals surface area contributed by atoms with Crippen LogP contribution in [0.25, 0.3) is 0 Å². The molecule has 2 N–H and O–H groups in total. The van der Waals surface area contributed by atoms with Crippen molar-refractivity contribution in [3.63, 3.8) is 0 Å². The van der Waals surface area contributed by atoms with Gasteiger partial charge in [-0.05, 0) is 31.0 Å². The first-order chi connectivity index (χ1) is 7.25. The van der Waals surface area contributed by atoms with E-state index in [9.17, 15) is 0 Å². The Morgan fingerprint density at radius 2 is 2.20 bits per heavy atom. The molecule has 0 bridgehead atoms. The van der Waals surface area contributed by atoms with Crippen molar-refractivity contribution in [2.75, 3.05) is 11.9 Å². The molecule has 15 heavy (non-hydrogen) atoms. The highest BCUT2D eigenvalue weighted by Gasteiger charge is 2.18. The molecule has 1 aromatic carbocycles. The Labute approximate surface area is 92.1 Å². The number of anilines is 1. The molecular weight excluding hydrogens is 184 g/mol. The van der Waals surface area contributed by atoms with Gasteiger partial charge in [0.15, 0.2) is 0 Å². The minimum absolute atomic E-state index is 0.591. The van der Waals surface area contributed by atoms with Crippen LogP contribution >= 0.6 is 0 Å². The Bertz CT molecular complexity index is 295. The van der Waals surface area contributed by atoms with Crippen LogP contribution in [0.3, 0.4) is 0 Å². The molecule has 0 radical (unpaired) electrons. The summed E-state index contributed by atoms with van der Waals surface area (Å²) in [6.45, 7) is 5.48. The van der Waals surface area contributed by atoms with Crippen molar-refractivity contribution in [3.05, 3.63) is 29.8 Å². The number of hydrogen-bond acceptors (Lipinski definition) is 2. The predicted octanol–water partition coefficient (Wildman–Crippen LogP) is 2.41. The van der Waals surface area contributed by atoms with Gasteiger partial charge in [0.25, 0.3) is 0 Å². The van der Waals surface area contributed by atoms with E-state index in [4.69, 9.17) is 0 Å². The topological polar surface area (TPSA) is 24.1 Å². The normalized spacial score (nSPS) is 19.0. The van der Waals surface area contributed by atoms with E-state index >= 15 is 0 Å². The van der Waals surface area contributed by atoms with Crippen LogP contribution in [0.15, 0.2) is 24.3 Å². The summed E-state index contributed by atoms with van der Waals surface area (Å²) in [6.07, 6.45) is 2.38. The van der Waals surface area contributed by atoms with E-state index in [0.717, 1.165) is 6.54 Å².